The molecule has 0 fully saturated rings. The SMILES string of the molecule is Clc1ccccc1/C=N/OCc1nc2c3c(ncn2n1)Oc1ccc2ccccc2c1C3c1ccccc1. The molecule has 2 aromatic heterocycles. The van der Waals surface area contributed by atoms with E-state index in [1.165, 1.54) is 0 Å². The second-order valence-electron chi connectivity index (χ2n) is 8.93. The van der Waals surface area contributed by atoms with Crippen LogP contribution in [0.5, 0.6) is 11.6 Å². The predicted octanol–water partition coefficient (Wildman–Crippen LogP) is 6.77. The average molecular weight is 518 g/mol. The molecule has 1 aliphatic rings. The van der Waals surface area contributed by atoms with Crippen LogP contribution in [0.25, 0.3) is 16.4 Å². The Morgan fingerprint density at radius 3 is 2.63 bits per heavy atom. The number of rotatable bonds is 5. The first-order valence-corrected chi connectivity index (χ1v) is 12.5. The summed E-state index contributed by atoms with van der Waals surface area (Å²) in [7, 11) is 0. The molecule has 8 heteroatoms. The lowest BCUT2D eigenvalue weighted by molar-refractivity contribution is 0.126. The Balaban J connectivity index is 1.31. The Labute approximate surface area is 222 Å². The number of nitrogens with zero attached hydrogens (tertiary/aromatic N) is 5. The number of oxime groups is 1. The highest BCUT2D eigenvalue weighted by molar-refractivity contribution is 6.33. The van der Waals surface area contributed by atoms with Crippen LogP contribution < -0.4 is 4.74 Å². The second kappa shape index (κ2) is 9.28. The molecule has 38 heavy (non-hydrogen) atoms. The fraction of sp³-hybridized carbons (Fsp3) is 0.0667. The van der Waals surface area contributed by atoms with Crippen LogP contribution in [0.4, 0.5) is 0 Å². The molecule has 7 rings (SSSR count). The zero-order valence-electron chi connectivity index (χ0n) is 20.0. The van der Waals surface area contributed by atoms with Crippen LogP contribution in [0.1, 0.15) is 34.0 Å². The molecular formula is C30H20ClN5O2. The molecule has 1 unspecified atom stereocenters. The second-order valence-corrected chi connectivity index (χ2v) is 9.34. The highest BCUT2D eigenvalue weighted by atomic mass is 35.5. The third kappa shape index (κ3) is 3.84. The van der Waals surface area contributed by atoms with Gasteiger partial charge in [-0.1, -0.05) is 95.6 Å². The van der Waals surface area contributed by atoms with Gasteiger partial charge >= 0.3 is 0 Å². The lowest BCUT2D eigenvalue weighted by Crippen LogP contribution is -2.15. The van der Waals surface area contributed by atoms with E-state index < -0.39 is 0 Å². The van der Waals surface area contributed by atoms with Crippen LogP contribution in [0, 0.1) is 0 Å². The van der Waals surface area contributed by atoms with E-state index in [0.717, 1.165) is 38.8 Å². The van der Waals surface area contributed by atoms with Crippen LogP contribution in [0.3, 0.4) is 0 Å². The molecule has 1 atom stereocenters. The van der Waals surface area contributed by atoms with Gasteiger partial charge in [0, 0.05) is 22.1 Å². The summed E-state index contributed by atoms with van der Waals surface area (Å²) in [5, 5.41) is 11.5. The van der Waals surface area contributed by atoms with E-state index >= 15 is 0 Å². The topological polar surface area (TPSA) is 73.9 Å². The van der Waals surface area contributed by atoms with E-state index in [1.807, 2.05) is 48.5 Å². The summed E-state index contributed by atoms with van der Waals surface area (Å²) in [6.45, 7) is 0.0911. The molecule has 184 valence electrons. The van der Waals surface area contributed by atoms with Crippen molar-refractivity contribution in [1.29, 1.82) is 0 Å². The predicted molar refractivity (Wildman–Crippen MR) is 146 cm³/mol. The molecule has 0 saturated heterocycles. The van der Waals surface area contributed by atoms with Crippen molar-refractivity contribution in [3.8, 4) is 11.6 Å². The van der Waals surface area contributed by atoms with Crippen molar-refractivity contribution in [2.75, 3.05) is 0 Å². The van der Waals surface area contributed by atoms with Gasteiger partial charge in [0.05, 0.1) is 11.8 Å². The smallest absolute Gasteiger partial charge is 0.228 e. The van der Waals surface area contributed by atoms with Gasteiger partial charge in [0.1, 0.15) is 12.1 Å². The highest BCUT2D eigenvalue weighted by Crippen LogP contribution is 2.50. The molecule has 0 N–H and O–H groups in total. The number of hydrogen-bond acceptors (Lipinski definition) is 6. The number of fused-ring (bicyclic) bond motifs is 6. The summed E-state index contributed by atoms with van der Waals surface area (Å²) in [6, 6.07) is 30.2. The summed E-state index contributed by atoms with van der Waals surface area (Å²) in [5.41, 5.74) is 4.50. The van der Waals surface area contributed by atoms with Crippen LogP contribution in [-0.4, -0.2) is 25.8 Å². The standard InChI is InChI=1S/C30H20ClN5O2/c31-23-13-7-5-11-21(23)16-33-37-17-25-34-29-28-26(20-9-2-1-3-10-20)27-22-12-6-4-8-19(22)14-15-24(27)38-30(28)32-18-36(29)35-25/h1-16,18,26H,17H2/b33-16+. The third-order valence-electron chi connectivity index (χ3n) is 6.64. The summed E-state index contributed by atoms with van der Waals surface area (Å²) in [5.74, 6) is 1.64. The first-order valence-electron chi connectivity index (χ1n) is 12.1. The molecule has 6 aromatic rings. The molecular weight excluding hydrogens is 498 g/mol. The number of ether oxygens (including phenoxy) is 1. The maximum Gasteiger partial charge on any atom is 0.228 e. The normalized spacial score (nSPS) is 14.4. The minimum absolute atomic E-state index is 0.0911. The minimum atomic E-state index is -0.145. The summed E-state index contributed by atoms with van der Waals surface area (Å²) in [6.07, 6.45) is 3.19. The van der Waals surface area contributed by atoms with E-state index in [4.69, 9.17) is 26.2 Å². The van der Waals surface area contributed by atoms with Gasteiger partial charge in [0.15, 0.2) is 18.1 Å². The van der Waals surface area contributed by atoms with Crippen molar-refractivity contribution in [2.45, 2.75) is 12.5 Å². The maximum atomic E-state index is 6.35. The first-order chi connectivity index (χ1) is 18.8. The molecule has 0 spiro atoms. The minimum Gasteiger partial charge on any atom is -0.438 e. The molecule has 4 aromatic carbocycles. The van der Waals surface area contributed by atoms with E-state index in [2.05, 4.69) is 51.6 Å². The average Bonchev–Trinajstić information content (AvgIpc) is 3.38. The van der Waals surface area contributed by atoms with Gasteiger partial charge in [-0.3, -0.25) is 0 Å². The molecule has 0 aliphatic carbocycles. The van der Waals surface area contributed by atoms with Gasteiger partial charge in [-0.05, 0) is 28.5 Å². The van der Waals surface area contributed by atoms with Crippen molar-refractivity contribution in [3.05, 3.63) is 130 Å². The first kappa shape index (κ1) is 22.4. The molecule has 3 heterocycles. The summed E-state index contributed by atoms with van der Waals surface area (Å²) < 4.78 is 8.03. The van der Waals surface area contributed by atoms with Crippen LogP contribution in [0.2, 0.25) is 5.02 Å². The third-order valence-corrected chi connectivity index (χ3v) is 6.99. The summed E-state index contributed by atoms with van der Waals surface area (Å²) in [4.78, 5) is 14.9. The number of benzene rings is 4. The maximum absolute atomic E-state index is 6.35. The quantitative estimate of drug-likeness (QED) is 0.186. The van der Waals surface area contributed by atoms with Gasteiger partial charge in [-0.15, -0.1) is 5.10 Å². The fourth-order valence-electron chi connectivity index (χ4n) is 4.96. The zero-order chi connectivity index (χ0) is 25.5. The largest absolute Gasteiger partial charge is 0.438 e. The lowest BCUT2D eigenvalue weighted by atomic mass is 9.81. The van der Waals surface area contributed by atoms with Gasteiger partial charge in [0.25, 0.3) is 0 Å². The van der Waals surface area contributed by atoms with Crippen LogP contribution in [0.15, 0.2) is 102 Å². The van der Waals surface area contributed by atoms with Crippen molar-refractivity contribution in [1.82, 2.24) is 19.6 Å². The van der Waals surface area contributed by atoms with Crippen molar-refractivity contribution >= 4 is 34.2 Å². The van der Waals surface area contributed by atoms with Gasteiger partial charge < -0.3 is 9.57 Å². The van der Waals surface area contributed by atoms with Crippen molar-refractivity contribution in [2.24, 2.45) is 5.16 Å². The van der Waals surface area contributed by atoms with Crippen LogP contribution in [-0.2, 0) is 11.4 Å². The Bertz CT molecular complexity index is 1830. The fourth-order valence-corrected chi connectivity index (χ4v) is 5.14. The molecule has 0 saturated carbocycles. The molecule has 1 aliphatic heterocycles. The number of aromatic nitrogens is 4. The van der Waals surface area contributed by atoms with E-state index in [9.17, 15) is 0 Å². The van der Waals surface area contributed by atoms with Crippen LogP contribution >= 0.6 is 11.6 Å². The molecule has 0 radical (unpaired) electrons. The van der Waals surface area contributed by atoms with Crippen molar-refractivity contribution in [3.63, 3.8) is 0 Å². The van der Waals surface area contributed by atoms with Gasteiger partial charge in [-0.25, -0.2) is 14.5 Å². The Morgan fingerprint density at radius 2 is 1.74 bits per heavy atom. The Hall–Kier alpha value is -4.75. The highest BCUT2D eigenvalue weighted by Gasteiger charge is 2.34. The number of halogens is 1. The zero-order valence-corrected chi connectivity index (χ0v) is 20.8. The Morgan fingerprint density at radius 1 is 0.921 bits per heavy atom. The Kier molecular flexibility index (Phi) is 5.48. The number of hydrogen-bond donors (Lipinski definition) is 0. The van der Waals surface area contributed by atoms with Gasteiger partial charge in [-0.2, -0.15) is 0 Å². The summed E-state index contributed by atoms with van der Waals surface area (Å²) >= 11 is 6.18. The van der Waals surface area contributed by atoms with Gasteiger partial charge in [0.2, 0.25) is 5.88 Å². The molecule has 0 amide bonds. The monoisotopic (exact) mass is 517 g/mol. The van der Waals surface area contributed by atoms with Crippen molar-refractivity contribution < 1.29 is 9.57 Å². The van der Waals surface area contributed by atoms with E-state index in [0.29, 0.717) is 22.4 Å². The molecule has 7 nitrogen and oxygen atoms in total. The van der Waals surface area contributed by atoms with E-state index in [1.54, 1.807) is 23.1 Å². The molecule has 0 bridgehead atoms. The lowest BCUT2D eigenvalue weighted by Gasteiger charge is -2.29. The van der Waals surface area contributed by atoms with E-state index in [-0.39, 0.29) is 12.5 Å².